The molecule has 0 saturated carbocycles. The average molecular weight is 505 g/mol. The normalized spacial score (nSPS) is 12.2. The first-order chi connectivity index (χ1) is 17.1. The molecule has 12 heteroatoms. The van der Waals surface area contributed by atoms with Gasteiger partial charge in [0.05, 0.1) is 0 Å². The molecule has 0 aliphatic heterocycles. The zero-order chi connectivity index (χ0) is 26.0. The highest BCUT2D eigenvalue weighted by Gasteiger charge is 2.11. The van der Waals surface area contributed by atoms with Crippen molar-refractivity contribution in [2.75, 3.05) is 131 Å². The highest BCUT2D eigenvalue weighted by atomic mass is 15.4. The Bertz CT molecular complexity index is 412. The largest absolute Gasteiger partial charge is 0.330 e. The highest BCUT2D eigenvalue weighted by molar-refractivity contribution is 4.69. The third kappa shape index (κ3) is 22.4. The Balaban J connectivity index is 4.60. The second kappa shape index (κ2) is 26.6. The molecule has 0 aromatic heterocycles. The van der Waals surface area contributed by atoms with Gasteiger partial charge in [0.2, 0.25) is 0 Å². The second-order valence-corrected chi connectivity index (χ2v) is 9.06. The molecule has 0 aliphatic rings. The molecule has 0 rings (SSSR count). The van der Waals surface area contributed by atoms with Gasteiger partial charge in [0.15, 0.2) is 0 Å². The van der Waals surface area contributed by atoms with E-state index in [1.54, 1.807) is 0 Å². The number of nitrogens with one attached hydrogen (secondary N) is 2. The summed E-state index contributed by atoms with van der Waals surface area (Å²) in [5.74, 6) is 6.07. The average Bonchev–Trinajstić information content (AvgIpc) is 2.85. The lowest BCUT2D eigenvalue weighted by atomic mass is 10.2. The first-order valence-electron chi connectivity index (χ1n) is 13.7. The fourth-order valence-electron chi connectivity index (χ4n) is 3.92. The van der Waals surface area contributed by atoms with Crippen LogP contribution in [0.1, 0.15) is 19.3 Å². The molecule has 0 radical (unpaired) electrons. The molecule has 0 fully saturated rings. The number of nitrogens with two attached hydrogens (primary N) is 6. The molecule has 0 bridgehead atoms. The minimum Gasteiger partial charge on any atom is -0.330 e. The van der Waals surface area contributed by atoms with Crippen LogP contribution in [-0.4, -0.2) is 151 Å². The van der Waals surface area contributed by atoms with Crippen LogP contribution < -0.4 is 45.1 Å². The van der Waals surface area contributed by atoms with Gasteiger partial charge in [0.25, 0.3) is 0 Å². The van der Waals surface area contributed by atoms with Gasteiger partial charge in [-0.3, -0.25) is 15.6 Å². The summed E-state index contributed by atoms with van der Waals surface area (Å²) in [6.45, 7) is 17.5. The smallest absolute Gasteiger partial charge is 0.0257 e. The first kappa shape index (κ1) is 34.5. The quantitative estimate of drug-likeness (QED) is 0.0295. The maximum absolute atomic E-state index is 6.07. The number of rotatable bonds is 28. The maximum Gasteiger partial charge on any atom is 0.0257 e. The number of hydrogen-bond donors (Lipinski definition) is 8. The number of nitrogens with zero attached hydrogens (tertiary/aromatic N) is 4. The van der Waals surface area contributed by atoms with E-state index in [1.807, 2.05) is 5.01 Å². The summed E-state index contributed by atoms with van der Waals surface area (Å²) in [6.07, 6.45) is 3.42. The SMILES string of the molecule is NCCCCCN(CCN(N)CCN)CCN(CCNCCN)CCNCCN(CCN)CCN. The van der Waals surface area contributed by atoms with Crippen molar-refractivity contribution in [3.05, 3.63) is 0 Å². The van der Waals surface area contributed by atoms with Crippen LogP contribution in [0.15, 0.2) is 0 Å². The molecule has 0 atom stereocenters. The third-order valence-corrected chi connectivity index (χ3v) is 6.06. The van der Waals surface area contributed by atoms with Crippen LogP contribution in [0.5, 0.6) is 0 Å². The Kier molecular flexibility index (Phi) is 26.2. The van der Waals surface area contributed by atoms with Crippen molar-refractivity contribution in [2.24, 2.45) is 34.5 Å². The van der Waals surface area contributed by atoms with Gasteiger partial charge in [-0.2, -0.15) is 0 Å². The molecule has 0 unspecified atom stereocenters. The van der Waals surface area contributed by atoms with Gasteiger partial charge in [-0.15, -0.1) is 0 Å². The Labute approximate surface area is 215 Å². The number of unbranched alkanes of at least 4 members (excludes halogenated alkanes) is 2. The van der Waals surface area contributed by atoms with E-state index in [4.69, 9.17) is 34.5 Å². The molecular formula is C23H60N12. The van der Waals surface area contributed by atoms with Crippen LogP contribution in [0, 0.1) is 0 Å². The van der Waals surface area contributed by atoms with Crippen LogP contribution >= 0.6 is 0 Å². The Morgan fingerprint density at radius 3 is 1.37 bits per heavy atom. The zero-order valence-corrected chi connectivity index (χ0v) is 22.5. The lowest BCUT2D eigenvalue weighted by Gasteiger charge is -2.29. The second-order valence-electron chi connectivity index (χ2n) is 9.06. The van der Waals surface area contributed by atoms with E-state index < -0.39 is 0 Å². The predicted octanol–water partition coefficient (Wildman–Crippen LogP) is -3.79. The molecule has 14 N–H and O–H groups in total. The monoisotopic (exact) mass is 505 g/mol. The van der Waals surface area contributed by atoms with Crippen LogP contribution in [0.2, 0.25) is 0 Å². The van der Waals surface area contributed by atoms with E-state index in [9.17, 15) is 0 Å². The van der Waals surface area contributed by atoms with E-state index in [-0.39, 0.29) is 0 Å². The van der Waals surface area contributed by atoms with Gasteiger partial charge in [0, 0.05) is 118 Å². The predicted molar refractivity (Wildman–Crippen MR) is 150 cm³/mol. The molecule has 0 spiro atoms. The molecular weight excluding hydrogens is 444 g/mol. The summed E-state index contributed by atoms with van der Waals surface area (Å²) < 4.78 is 0. The summed E-state index contributed by atoms with van der Waals surface area (Å²) in [6, 6.07) is 0. The van der Waals surface area contributed by atoms with E-state index in [2.05, 4.69) is 25.3 Å². The zero-order valence-electron chi connectivity index (χ0n) is 22.5. The maximum atomic E-state index is 6.07. The van der Waals surface area contributed by atoms with E-state index >= 15 is 0 Å². The molecule has 12 nitrogen and oxygen atoms in total. The summed E-state index contributed by atoms with van der Waals surface area (Å²) in [4.78, 5) is 7.37. The fraction of sp³-hybridized carbons (Fsp3) is 1.00. The van der Waals surface area contributed by atoms with Crippen LogP contribution in [0.3, 0.4) is 0 Å². The van der Waals surface area contributed by atoms with Crippen LogP contribution in [0.4, 0.5) is 0 Å². The number of hydrazine groups is 1. The minimum atomic E-state index is 0.583. The van der Waals surface area contributed by atoms with Crippen molar-refractivity contribution in [2.45, 2.75) is 19.3 Å². The molecule has 0 amide bonds. The molecule has 0 saturated heterocycles. The van der Waals surface area contributed by atoms with Gasteiger partial charge in [-0.25, -0.2) is 5.01 Å². The Morgan fingerprint density at radius 2 is 0.857 bits per heavy atom. The highest BCUT2D eigenvalue weighted by Crippen LogP contribution is 2.00. The third-order valence-electron chi connectivity index (χ3n) is 6.06. The summed E-state index contributed by atoms with van der Waals surface area (Å²) >= 11 is 0. The van der Waals surface area contributed by atoms with Crippen molar-refractivity contribution in [3.8, 4) is 0 Å². The van der Waals surface area contributed by atoms with Crippen molar-refractivity contribution < 1.29 is 0 Å². The van der Waals surface area contributed by atoms with Crippen LogP contribution in [0.25, 0.3) is 0 Å². The first-order valence-corrected chi connectivity index (χ1v) is 13.7. The van der Waals surface area contributed by atoms with Crippen LogP contribution in [-0.2, 0) is 0 Å². The van der Waals surface area contributed by atoms with Gasteiger partial charge in [0.1, 0.15) is 0 Å². The molecule has 0 aliphatic carbocycles. The topological polar surface area (TPSA) is 193 Å². The van der Waals surface area contributed by atoms with Crippen molar-refractivity contribution in [1.29, 1.82) is 0 Å². The molecule has 212 valence electrons. The van der Waals surface area contributed by atoms with Crippen molar-refractivity contribution in [3.63, 3.8) is 0 Å². The molecule has 0 aromatic rings. The number of hydrogen-bond acceptors (Lipinski definition) is 12. The van der Waals surface area contributed by atoms with Gasteiger partial charge in [-0.05, 0) is 25.9 Å². The lowest BCUT2D eigenvalue weighted by Crippen LogP contribution is -2.46. The van der Waals surface area contributed by atoms with Crippen molar-refractivity contribution in [1.82, 2.24) is 30.3 Å². The summed E-state index contributed by atoms with van der Waals surface area (Å²) in [5.41, 5.74) is 28.4. The van der Waals surface area contributed by atoms with Gasteiger partial charge < -0.3 is 44.2 Å². The van der Waals surface area contributed by atoms with Gasteiger partial charge in [-0.1, -0.05) is 6.42 Å². The molecule has 0 aromatic carbocycles. The Morgan fingerprint density at radius 1 is 0.371 bits per heavy atom. The van der Waals surface area contributed by atoms with E-state index in [1.165, 1.54) is 12.8 Å². The molecule has 35 heavy (non-hydrogen) atoms. The summed E-state index contributed by atoms with van der Waals surface area (Å²) in [7, 11) is 0. The standard InChI is InChI=1S/C23H60N12/c24-4-2-1-3-13-32(22-23-35(29)16-8-28)20-21-34(18-10-30-9-5-25)19-12-31-11-17-33(14-6-26)15-7-27/h30-31H,1-29H2. The van der Waals surface area contributed by atoms with Gasteiger partial charge >= 0.3 is 0 Å². The summed E-state index contributed by atoms with van der Waals surface area (Å²) in [5, 5.41) is 8.83. The van der Waals surface area contributed by atoms with E-state index in [0.29, 0.717) is 26.2 Å². The minimum absolute atomic E-state index is 0.583. The van der Waals surface area contributed by atoms with Crippen molar-refractivity contribution >= 4 is 0 Å². The Hall–Kier alpha value is -0.480. The molecule has 0 heterocycles. The lowest BCUT2D eigenvalue weighted by molar-refractivity contribution is 0.175. The van der Waals surface area contributed by atoms with E-state index in [0.717, 1.165) is 111 Å². The fourth-order valence-corrected chi connectivity index (χ4v) is 3.92.